The second-order valence-corrected chi connectivity index (χ2v) is 3.29. The van der Waals surface area contributed by atoms with Crippen molar-refractivity contribution in [1.82, 2.24) is 9.97 Å². The van der Waals surface area contributed by atoms with Crippen LogP contribution in [0.3, 0.4) is 0 Å². The normalized spacial score (nSPS) is 10.7. The minimum absolute atomic E-state index is 0.451. The second-order valence-electron chi connectivity index (χ2n) is 2.86. The molecule has 3 nitrogen and oxygen atoms in total. The summed E-state index contributed by atoms with van der Waals surface area (Å²) in [6.07, 6.45) is 5.01. The van der Waals surface area contributed by atoms with Crippen molar-refractivity contribution in [3.05, 3.63) is 53.3 Å². The number of hydrogen-bond donors (Lipinski definition) is 0. The van der Waals surface area contributed by atoms with Gasteiger partial charge in [0.1, 0.15) is 0 Å². The maximum Gasteiger partial charge on any atom is 0.249 e. The Morgan fingerprint density at radius 2 is 1.73 bits per heavy atom. The molecule has 0 bridgehead atoms. The molecule has 2 aromatic rings. The number of rotatable bonds is 2. The van der Waals surface area contributed by atoms with Crippen molar-refractivity contribution >= 4 is 23.8 Å². The molecule has 4 heteroatoms. The van der Waals surface area contributed by atoms with Gasteiger partial charge < -0.3 is 0 Å². The van der Waals surface area contributed by atoms with Crippen molar-refractivity contribution in [3.63, 3.8) is 0 Å². The fourth-order valence-corrected chi connectivity index (χ4v) is 1.16. The van der Waals surface area contributed by atoms with Gasteiger partial charge in [-0.05, 0) is 23.8 Å². The number of halogens is 1. The molecule has 15 heavy (non-hydrogen) atoms. The molecule has 0 aliphatic heterocycles. The van der Waals surface area contributed by atoms with Crippen LogP contribution in [0, 0.1) is 0 Å². The van der Waals surface area contributed by atoms with E-state index in [4.69, 9.17) is 11.6 Å². The summed E-state index contributed by atoms with van der Waals surface area (Å²) in [5.41, 5.74) is 0.965. The van der Waals surface area contributed by atoms with Crippen LogP contribution in [0.25, 0.3) is 0 Å². The lowest BCUT2D eigenvalue weighted by Gasteiger charge is -1.92. The Morgan fingerprint density at radius 1 is 1.07 bits per heavy atom. The van der Waals surface area contributed by atoms with Crippen LogP contribution in [-0.2, 0) is 0 Å². The van der Waals surface area contributed by atoms with E-state index in [2.05, 4.69) is 15.0 Å². The maximum atomic E-state index is 5.76. The summed E-state index contributed by atoms with van der Waals surface area (Å²) in [6, 6.07) is 9.15. The summed E-state index contributed by atoms with van der Waals surface area (Å²) in [5.74, 6) is 0.451. The molecule has 0 fully saturated rings. The molecule has 74 valence electrons. The van der Waals surface area contributed by atoms with Crippen molar-refractivity contribution in [2.24, 2.45) is 4.99 Å². The van der Waals surface area contributed by atoms with Gasteiger partial charge in [0, 0.05) is 23.6 Å². The highest BCUT2D eigenvalue weighted by molar-refractivity contribution is 6.30. The maximum absolute atomic E-state index is 5.76. The van der Waals surface area contributed by atoms with Crippen molar-refractivity contribution in [1.29, 1.82) is 0 Å². The molecular weight excluding hydrogens is 210 g/mol. The number of hydrogen-bond acceptors (Lipinski definition) is 3. The summed E-state index contributed by atoms with van der Waals surface area (Å²) >= 11 is 5.76. The zero-order chi connectivity index (χ0) is 10.5. The smallest absolute Gasteiger partial charge is 0.220 e. The standard InChI is InChI=1S/C11H8ClN3/c12-10-4-2-9(3-5-10)8-15-11-13-6-1-7-14-11/h1-8H. The summed E-state index contributed by atoms with van der Waals surface area (Å²) < 4.78 is 0. The van der Waals surface area contributed by atoms with Crippen LogP contribution in [-0.4, -0.2) is 16.2 Å². The molecule has 0 saturated heterocycles. The Labute approximate surface area is 92.5 Å². The fraction of sp³-hybridized carbons (Fsp3) is 0. The highest BCUT2D eigenvalue weighted by Gasteiger charge is 1.90. The Balaban J connectivity index is 2.15. The summed E-state index contributed by atoms with van der Waals surface area (Å²) in [6.45, 7) is 0. The van der Waals surface area contributed by atoms with Crippen LogP contribution < -0.4 is 0 Å². The molecule has 0 atom stereocenters. The molecule has 1 heterocycles. The summed E-state index contributed by atoms with van der Waals surface area (Å²) in [7, 11) is 0. The predicted molar refractivity (Wildman–Crippen MR) is 60.7 cm³/mol. The number of aliphatic imine (C=N–C) groups is 1. The Kier molecular flexibility index (Phi) is 3.05. The first kappa shape index (κ1) is 9.80. The molecule has 0 N–H and O–H groups in total. The first-order valence-electron chi connectivity index (χ1n) is 4.41. The minimum atomic E-state index is 0.451. The van der Waals surface area contributed by atoms with Gasteiger partial charge in [-0.1, -0.05) is 23.7 Å². The molecule has 1 aromatic carbocycles. The van der Waals surface area contributed by atoms with Crippen molar-refractivity contribution in [3.8, 4) is 0 Å². The number of nitrogens with zero attached hydrogens (tertiary/aromatic N) is 3. The molecule has 2 rings (SSSR count). The van der Waals surface area contributed by atoms with Crippen molar-refractivity contribution in [2.45, 2.75) is 0 Å². The minimum Gasteiger partial charge on any atom is -0.220 e. The molecule has 0 saturated carbocycles. The van der Waals surface area contributed by atoms with Gasteiger partial charge in [-0.25, -0.2) is 15.0 Å². The van der Waals surface area contributed by atoms with E-state index in [1.165, 1.54) is 0 Å². The molecule has 0 aliphatic rings. The third-order valence-electron chi connectivity index (χ3n) is 1.75. The number of benzene rings is 1. The fourth-order valence-electron chi connectivity index (χ4n) is 1.04. The summed E-state index contributed by atoms with van der Waals surface area (Å²) in [5, 5.41) is 0.711. The number of aromatic nitrogens is 2. The highest BCUT2D eigenvalue weighted by Crippen LogP contribution is 2.08. The monoisotopic (exact) mass is 217 g/mol. The zero-order valence-corrected chi connectivity index (χ0v) is 8.59. The average molecular weight is 218 g/mol. The molecular formula is C11H8ClN3. The highest BCUT2D eigenvalue weighted by atomic mass is 35.5. The van der Waals surface area contributed by atoms with Gasteiger partial charge in [-0.15, -0.1) is 0 Å². The van der Waals surface area contributed by atoms with Gasteiger partial charge >= 0.3 is 0 Å². The Hall–Kier alpha value is -1.74. The van der Waals surface area contributed by atoms with Gasteiger partial charge in [0.15, 0.2) is 0 Å². The van der Waals surface area contributed by atoms with E-state index in [1.807, 2.05) is 24.3 Å². The molecule has 0 unspecified atom stereocenters. The third-order valence-corrected chi connectivity index (χ3v) is 2.00. The van der Waals surface area contributed by atoms with E-state index >= 15 is 0 Å². The van der Waals surface area contributed by atoms with Gasteiger partial charge in [0.2, 0.25) is 5.95 Å². The largest absolute Gasteiger partial charge is 0.249 e. The van der Waals surface area contributed by atoms with Crippen LogP contribution >= 0.6 is 11.6 Å². The van der Waals surface area contributed by atoms with Gasteiger partial charge in [-0.2, -0.15) is 0 Å². The first-order chi connectivity index (χ1) is 7.34. The van der Waals surface area contributed by atoms with Crippen molar-refractivity contribution in [2.75, 3.05) is 0 Å². The van der Waals surface area contributed by atoms with E-state index in [0.29, 0.717) is 11.0 Å². The lowest BCUT2D eigenvalue weighted by Crippen LogP contribution is -1.82. The lowest BCUT2D eigenvalue weighted by atomic mass is 10.2. The van der Waals surface area contributed by atoms with Crippen molar-refractivity contribution < 1.29 is 0 Å². The van der Waals surface area contributed by atoms with E-state index in [0.717, 1.165) is 5.56 Å². The molecule has 0 radical (unpaired) electrons. The topological polar surface area (TPSA) is 38.1 Å². The van der Waals surface area contributed by atoms with Gasteiger partial charge in [0.05, 0.1) is 0 Å². The first-order valence-corrected chi connectivity index (χ1v) is 4.79. The van der Waals surface area contributed by atoms with Gasteiger partial charge in [-0.3, -0.25) is 0 Å². The SMILES string of the molecule is Clc1ccc(C=Nc2ncccn2)cc1. The average Bonchev–Trinajstić information content (AvgIpc) is 2.30. The van der Waals surface area contributed by atoms with E-state index in [9.17, 15) is 0 Å². The zero-order valence-electron chi connectivity index (χ0n) is 7.84. The lowest BCUT2D eigenvalue weighted by molar-refractivity contribution is 1.14. The second kappa shape index (κ2) is 4.66. The van der Waals surface area contributed by atoms with Crippen LogP contribution in [0.5, 0.6) is 0 Å². The van der Waals surface area contributed by atoms with E-state index in [-0.39, 0.29) is 0 Å². The van der Waals surface area contributed by atoms with E-state index in [1.54, 1.807) is 24.7 Å². The Bertz CT molecular complexity index is 451. The molecule has 1 aromatic heterocycles. The van der Waals surface area contributed by atoms with Crippen LogP contribution in [0.2, 0.25) is 5.02 Å². The van der Waals surface area contributed by atoms with Crippen LogP contribution in [0.4, 0.5) is 5.95 Å². The van der Waals surface area contributed by atoms with Crippen LogP contribution in [0.15, 0.2) is 47.7 Å². The molecule has 0 spiro atoms. The van der Waals surface area contributed by atoms with E-state index < -0.39 is 0 Å². The summed E-state index contributed by atoms with van der Waals surface area (Å²) in [4.78, 5) is 12.1. The van der Waals surface area contributed by atoms with Crippen LogP contribution in [0.1, 0.15) is 5.56 Å². The molecule has 0 aliphatic carbocycles. The van der Waals surface area contributed by atoms with Gasteiger partial charge in [0.25, 0.3) is 0 Å². The third kappa shape index (κ3) is 2.86. The quantitative estimate of drug-likeness (QED) is 0.726. The Morgan fingerprint density at radius 3 is 2.40 bits per heavy atom. The molecule has 0 amide bonds. The predicted octanol–water partition coefficient (Wildman–Crippen LogP) is 2.88.